The van der Waals surface area contributed by atoms with Crippen molar-refractivity contribution < 1.29 is 9.59 Å². The average Bonchev–Trinajstić information content (AvgIpc) is 1.99. The number of alkyl halides is 1. The van der Waals surface area contributed by atoms with Crippen LogP contribution in [0.3, 0.4) is 0 Å². The molecule has 0 bridgehead atoms. The summed E-state index contributed by atoms with van der Waals surface area (Å²) in [6.45, 7) is 4.25. The van der Waals surface area contributed by atoms with Crippen molar-refractivity contribution in [3.05, 3.63) is 0 Å². The topological polar surface area (TPSA) is 46.2 Å². The maximum atomic E-state index is 10.6. The SMILES string of the molecule is CCC.O=C1CCC(Br)C(=O)N1. The molecule has 70 valence electrons. The fourth-order valence-corrected chi connectivity index (χ4v) is 1.01. The molecule has 1 rings (SSSR count). The normalized spacial score (nSPS) is 22.4. The van der Waals surface area contributed by atoms with Crippen molar-refractivity contribution in [2.75, 3.05) is 0 Å². The number of amides is 2. The van der Waals surface area contributed by atoms with Crippen LogP contribution in [0.25, 0.3) is 0 Å². The van der Waals surface area contributed by atoms with E-state index in [0.29, 0.717) is 12.8 Å². The zero-order chi connectivity index (χ0) is 9.56. The van der Waals surface area contributed by atoms with Gasteiger partial charge in [-0.05, 0) is 6.42 Å². The Kier molecular flexibility index (Phi) is 5.98. The molecule has 1 unspecified atom stereocenters. The van der Waals surface area contributed by atoms with Gasteiger partial charge in [0.25, 0.3) is 0 Å². The summed E-state index contributed by atoms with van der Waals surface area (Å²) in [6.07, 6.45) is 2.31. The van der Waals surface area contributed by atoms with Gasteiger partial charge < -0.3 is 0 Å². The molecule has 0 saturated carbocycles. The number of rotatable bonds is 0. The highest BCUT2D eigenvalue weighted by Crippen LogP contribution is 2.11. The first kappa shape index (κ1) is 11.6. The highest BCUT2D eigenvalue weighted by atomic mass is 79.9. The predicted octanol–water partition coefficient (Wildman–Crippen LogP) is 1.60. The van der Waals surface area contributed by atoms with Crippen LogP contribution >= 0.6 is 15.9 Å². The highest BCUT2D eigenvalue weighted by Gasteiger charge is 2.23. The minimum Gasteiger partial charge on any atom is -0.295 e. The van der Waals surface area contributed by atoms with Crippen LogP contribution in [0.5, 0.6) is 0 Å². The summed E-state index contributed by atoms with van der Waals surface area (Å²) >= 11 is 3.12. The van der Waals surface area contributed by atoms with Crippen LogP contribution in [0.4, 0.5) is 0 Å². The van der Waals surface area contributed by atoms with Gasteiger partial charge in [-0.25, -0.2) is 0 Å². The molecule has 1 N–H and O–H groups in total. The van der Waals surface area contributed by atoms with Gasteiger partial charge in [0, 0.05) is 6.42 Å². The molecule has 4 heteroatoms. The Labute approximate surface area is 81.0 Å². The van der Waals surface area contributed by atoms with Gasteiger partial charge in [-0.3, -0.25) is 14.9 Å². The summed E-state index contributed by atoms with van der Waals surface area (Å²) < 4.78 is 0. The molecule has 1 saturated heterocycles. The Balaban J connectivity index is 0.000000354. The third-order valence-corrected chi connectivity index (χ3v) is 2.05. The number of halogens is 1. The van der Waals surface area contributed by atoms with Crippen LogP contribution < -0.4 is 5.32 Å². The van der Waals surface area contributed by atoms with Gasteiger partial charge in [0.05, 0.1) is 4.83 Å². The molecule has 0 radical (unpaired) electrons. The summed E-state index contributed by atoms with van der Waals surface area (Å²) in [5.41, 5.74) is 0. The molecule has 2 amide bonds. The maximum absolute atomic E-state index is 10.6. The summed E-state index contributed by atoms with van der Waals surface area (Å²) in [5, 5.41) is 2.20. The van der Waals surface area contributed by atoms with Crippen molar-refractivity contribution >= 4 is 27.7 Å². The number of carbonyl (C=O) groups excluding carboxylic acids is 2. The molecule has 0 aliphatic carbocycles. The Morgan fingerprint density at radius 1 is 1.50 bits per heavy atom. The molecule has 1 heterocycles. The largest absolute Gasteiger partial charge is 0.295 e. The molecule has 0 aromatic rings. The van der Waals surface area contributed by atoms with E-state index >= 15 is 0 Å². The second kappa shape index (κ2) is 6.17. The van der Waals surface area contributed by atoms with Gasteiger partial charge in [0.15, 0.2) is 0 Å². The van der Waals surface area contributed by atoms with Gasteiger partial charge in [0.2, 0.25) is 11.8 Å². The molecule has 1 fully saturated rings. The third-order valence-electron chi connectivity index (χ3n) is 1.17. The molecule has 0 spiro atoms. The smallest absolute Gasteiger partial charge is 0.240 e. The molecule has 3 nitrogen and oxygen atoms in total. The molecule has 12 heavy (non-hydrogen) atoms. The van der Waals surface area contributed by atoms with Crippen molar-refractivity contribution in [2.24, 2.45) is 0 Å². The van der Waals surface area contributed by atoms with E-state index in [1.165, 1.54) is 6.42 Å². The minimum absolute atomic E-state index is 0.171. The van der Waals surface area contributed by atoms with Crippen LogP contribution in [-0.4, -0.2) is 16.6 Å². The number of carbonyl (C=O) groups is 2. The van der Waals surface area contributed by atoms with Crippen molar-refractivity contribution in [1.82, 2.24) is 5.32 Å². The van der Waals surface area contributed by atoms with Crippen molar-refractivity contribution in [3.63, 3.8) is 0 Å². The third kappa shape index (κ3) is 4.49. The Bertz CT molecular complexity index is 170. The Hall–Kier alpha value is -0.380. The van der Waals surface area contributed by atoms with Crippen LogP contribution in [0.15, 0.2) is 0 Å². The lowest BCUT2D eigenvalue weighted by molar-refractivity contribution is -0.132. The van der Waals surface area contributed by atoms with Gasteiger partial charge in [-0.2, -0.15) is 0 Å². The summed E-state index contributed by atoms with van der Waals surface area (Å²) in [4.78, 5) is 20.9. The summed E-state index contributed by atoms with van der Waals surface area (Å²) in [5.74, 6) is -0.387. The van der Waals surface area contributed by atoms with E-state index in [9.17, 15) is 9.59 Å². The van der Waals surface area contributed by atoms with Crippen LogP contribution in [0.1, 0.15) is 33.1 Å². The van der Waals surface area contributed by atoms with Crippen molar-refractivity contribution in [1.29, 1.82) is 0 Å². The fourth-order valence-electron chi connectivity index (χ4n) is 0.667. The quantitative estimate of drug-likeness (QED) is 0.513. The zero-order valence-electron chi connectivity index (χ0n) is 7.39. The first-order valence-electron chi connectivity index (χ1n) is 4.09. The standard InChI is InChI=1S/C5H6BrNO2.C3H8/c6-3-1-2-4(8)7-5(3)9;1-3-2/h3H,1-2H2,(H,7,8,9);3H2,1-2H3. The van der Waals surface area contributed by atoms with E-state index in [1.54, 1.807) is 0 Å². The van der Waals surface area contributed by atoms with Gasteiger partial charge in [-0.15, -0.1) is 0 Å². The van der Waals surface area contributed by atoms with E-state index in [4.69, 9.17) is 0 Å². The van der Waals surface area contributed by atoms with Gasteiger partial charge >= 0.3 is 0 Å². The molecule has 1 aliphatic heterocycles. The van der Waals surface area contributed by atoms with Crippen LogP contribution in [-0.2, 0) is 9.59 Å². The van der Waals surface area contributed by atoms with Crippen LogP contribution in [0.2, 0.25) is 0 Å². The molecule has 1 aliphatic rings. The number of nitrogens with one attached hydrogen (secondary N) is 1. The number of piperidine rings is 1. The minimum atomic E-state index is -0.216. The average molecular weight is 236 g/mol. The first-order chi connectivity index (χ1) is 5.61. The van der Waals surface area contributed by atoms with Crippen molar-refractivity contribution in [3.8, 4) is 0 Å². The summed E-state index contributed by atoms with van der Waals surface area (Å²) in [6, 6.07) is 0. The van der Waals surface area contributed by atoms with E-state index in [2.05, 4.69) is 35.1 Å². The Morgan fingerprint density at radius 3 is 2.33 bits per heavy atom. The predicted molar refractivity (Wildman–Crippen MR) is 51.1 cm³/mol. The Morgan fingerprint density at radius 2 is 2.00 bits per heavy atom. The number of imide groups is 1. The van der Waals surface area contributed by atoms with Crippen LogP contribution in [0, 0.1) is 0 Å². The number of hydrogen-bond acceptors (Lipinski definition) is 2. The maximum Gasteiger partial charge on any atom is 0.240 e. The second-order valence-corrected chi connectivity index (χ2v) is 3.73. The van der Waals surface area contributed by atoms with E-state index in [1.807, 2.05) is 0 Å². The molecule has 0 aromatic heterocycles. The molecule has 1 atom stereocenters. The summed E-state index contributed by atoms with van der Waals surface area (Å²) in [7, 11) is 0. The van der Waals surface area contributed by atoms with Gasteiger partial charge in [-0.1, -0.05) is 36.2 Å². The molecule has 0 aromatic carbocycles. The van der Waals surface area contributed by atoms with E-state index in [0.717, 1.165) is 0 Å². The lowest BCUT2D eigenvalue weighted by Crippen LogP contribution is -2.41. The molecular weight excluding hydrogens is 222 g/mol. The van der Waals surface area contributed by atoms with Crippen molar-refractivity contribution in [2.45, 2.75) is 37.9 Å². The van der Waals surface area contributed by atoms with Gasteiger partial charge in [0.1, 0.15) is 0 Å². The monoisotopic (exact) mass is 235 g/mol. The number of hydrogen-bond donors (Lipinski definition) is 1. The van der Waals surface area contributed by atoms with E-state index < -0.39 is 0 Å². The zero-order valence-corrected chi connectivity index (χ0v) is 8.98. The first-order valence-corrected chi connectivity index (χ1v) is 5.01. The molecular formula is C8H14BrNO2. The highest BCUT2D eigenvalue weighted by molar-refractivity contribution is 9.10. The van der Waals surface area contributed by atoms with E-state index in [-0.39, 0.29) is 16.6 Å². The lowest BCUT2D eigenvalue weighted by Gasteiger charge is -2.14. The second-order valence-electron chi connectivity index (χ2n) is 2.63. The lowest BCUT2D eigenvalue weighted by atomic mass is 10.1. The fraction of sp³-hybridized carbons (Fsp3) is 0.750.